The Hall–Kier alpha value is -2.91. The molecule has 0 saturated carbocycles. The van der Waals surface area contributed by atoms with Gasteiger partial charge in [0.15, 0.2) is 0 Å². The van der Waals surface area contributed by atoms with Gasteiger partial charge in [-0.05, 0) is 37.2 Å². The summed E-state index contributed by atoms with van der Waals surface area (Å²) in [4.78, 5) is 23.6. The van der Waals surface area contributed by atoms with E-state index in [4.69, 9.17) is 4.84 Å². The number of fused-ring (bicyclic) bond motifs is 2. The smallest absolute Gasteiger partial charge is 0.294 e. The Kier molecular flexibility index (Phi) is 5.85. The number of carbonyl (C=O) groups is 1. The van der Waals surface area contributed by atoms with E-state index in [0.29, 0.717) is 25.5 Å². The Morgan fingerprint density at radius 1 is 1.21 bits per heavy atom. The summed E-state index contributed by atoms with van der Waals surface area (Å²) in [6.07, 6.45) is 2.03. The molecule has 3 aromatic rings. The molecule has 180 valence electrons. The van der Waals surface area contributed by atoms with E-state index in [9.17, 15) is 15.0 Å². The van der Waals surface area contributed by atoms with Gasteiger partial charge in [0.25, 0.3) is 5.91 Å². The van der Waals surface area contributed by atoms with Crippen LogP contribution in [0.3, 0.4) is 0 Å². The molecule has 34 heavy (non-hydrogen) atoms. The van der Waals surface area contributed by atoms with Crippen LogP contribution in [-0.4, -0.2) is 75.8 Å². The first-order chi connectivity index (χ1) is 16.3. The summed E-state index contributed by atoms with van der Waals surface area (Å²) in [5, 5.41) is 23.8. The third kappa shape index (κ3) is 4.07. The molecule has 3 heterocycles. The summed E-state index contributed by atoms with van der Waals surface area (Å²) >= 11 is 0. The number of nitrogens with zero attached hydrogens (tertiary/aromatic N) is 4. The minimum absolute atomic E-state index is 0.0170. The van der Waals surface area contributed by atoms with Crippen molar-refractivity contribution in [1.82, 2.24) is 14.5 Å². The van der Waals surface area contributed by atoms with Gasteiger partial charge in [-0.1, -0.05) is 42.5 Å². The summed E-state index contributed by atoms with van der Waals surface area (Å²) in [6, 6.07) is 14.4. The van der Waals surface area contributed by atoms with E-state index in [1.54, 1.807) is 6.92 Å². The van der Waals surface area contributed by atoms with E-state index in [2.05, 4.69) is 34.1 Å². The van der Waals surface area contributed by atoms with Crippen LogP contribution in [0.1, 0.15) is 35.5 Å². The zero-order valence-electron chi connectivity index (χ0n) is 19.9. The molecule has 2 N–H and O–H groups in total. The monoisotopic (exact) mass is 464 g/mol. The van der Waals surface area contributed by atoms with Crippen LogP contribution in [0.25, 0.3) is 10.8 Å². The summed E-state index contributed by atoms with van der Waals surface area (Å²) in [5.74, 6) is -0.258. The number of hydrogen-bond acceptors (Lipinski definition) is 6. The number of hydroxylamine groups is 2. The summed E-state index contributed by atoms with van der Waals surface area (Å²) in [7, 11) is 2.01. The highest BCUT2D eigenvalue weighted by Gasteiger charge is 2.40. The number of anilines is 1. The lowest BCUT2D eigenvalue weighted by Gasteiger charge is -2.38. The molecule has 2 aromatic carbocycles. The van der Waals surface area contributed by atoms with E-state index < -0.39 is 5.60 Å². The Bertz CT molecular complexity index is 1220. The average Bonchev–Trinajstić information content (AvgIpc) is 3.37. The van der Waals surface area contributed by atoms with Crippen molar-refractivity contribution in [2.24, 2.45) is 0 Å². The molecule has 8 nitrogen and oxygen atoms in total. The zero-order chi connectivity index (χ0) is 24.0. The van der Waals surface area contributed by atoms with Crippen molar-refractivity contribution in [3.05, 3.63) is 65.5 Å². The van der Waals surface area contributed by atoms with Crippen LogP contribution in [0.2, 0.25) is 0 Å². The van der Waals surface area contributed by atoms with Gasteiger partial charge in [0.1, 0.15) is 17.9 Å². The van der Waals surface area contributed by atoms with Gasteiger partial charge in [0.2, 0.25) is 0 Å². The maximum Gasteiger partial charge on any atom is 0.294 e. The number of aromatic nitrogens is 1. The topological polar surface area (TPSA) is 81.4 Å². The lowest BCUT2D eigenvalue weighted by molar-refractivity contribution is -0.0803. The van der Waals surface area contributed by atoms with Crippen molar-refractivity contribution in [1.29, 1.82) is 0 Å². The summed E-state index contributed by atoms with van der Waals surface area (Å²) in [6.45, 7) is 5.66. The molecule has 1 aromatic heterocycles. The van der Waals surface area contributed by atoms with Crippen LogP contribution in [-0.2, 0) is 17.9 Å². The van der Waals surface area contributed by atoms with Gasteiger partial charge in [0.05, 0.1) is 31.5 Å². The highest BCUT2D eigenvalue weighted by molar-refractivity contribution is 5.96. The molecule has 0 radical (unpaired) electrons. The third-order valence-electron chi connectivity index (χ3n) is 6.75. The Morgan fingerprint density at radius 2 is 1.97 bits per heavy atom. The number of amides is 1. The van der Waals surface area contributed by atoms with Crippen molar-refractivity contribution < 1.29 is 19.8 Å². The van der Waals surface area contributed by atoms with E-state index in [1.165, 1.54) is 5.06 Å². The molecule has 1 saturated heterocycles. The van der Waals surface area contributed by atoms with Gasteiger partial charge in [-0.3, -0.25) is 14.5 Å². The van der Waals surface area contributed by atoms with Gasteiger partial charge in [-0.25, -0.2) is 5.06 Å². The molecule has 2 aliphatic heterocycles. The number of hydrogen-bond donors (Lipinski definition) is 2. The molecule has 0 aliphatic carbocycles. The van der Waals surface area contributed by atoms with Crippen molar-refractivity contribution in [2.75, 3.05) is 38.4 Å². The fraction of sp³-hybridized carbons (Fsp3) is 0.423. The molecule has 2 aliphatic rings. The first-order valence-corrected chi connectivity index (χ1v) is 11.7. The Balaban J connectivity index is 1.62. The molecule has 1 unspecified atom stereocenters. The number of benzene rings is 2. The number of aliphatic hydroxyl groups excluding tert-OH is 1. The predicted molar refractivity (Wildman–Crippen MR) is 130 cm³/mol. The molecule has 5 rings (SSSR count). The quantitative estimate of drug-likeness (QED) is 0.604. The second kappa shape index (κ2) is 8.70. The number of rotatable bonds is 5. The van der Waals surface area contributed by atoms with Gasteiger partial charge < -0.3 is 19.7 Å². The van der Waals surface area contributed by atoms with Gasteiger partial charge in [0, 0.05) is 24.8 Å². The van der Waals surface area contributed by atoms with Crippen molar-refractivity contribution >= 4 is 22.4 Å². The fourth-order valence-electron chi connectivity index (χ4n) is 4.98. The molecule has 2 atom stereocenters. The zero-order valence-corrected chi connectivity index (χ0v) is 19.9. The SMILES string of the molecule is C[C@@H](CO)N1CN(C)Cc2c1cn(Cc1cccc3ccccc13)c2C(=O)N1CC(C)(O)CO1. The van der Waals surface area contributed by atoms with Gasteiger partial charge in [-0.2, -0.15) is 0 Å². The largest absolute Gasteiger partial charge is 0.394 e. The number of carbonyl (C=O) groups excluding carboxylic acids is 1. The highest BCUT2D eigenvalue weighted by atomic mass is 16.7. The maximum atomic E-state index is 13.8. The minimum Gasteiger partial charge on any atom is -0.394 e. The standard InChI is InChI=1S/C26H32N4O4/c1-18(14-31)29-17-27(3)12-22-23(29)13-28(24(22)25(32)30-15-26(2,33)16-34-30)11-20-9-6-8-19-7-4-5-10-21(19)20/h4-10,13,18,31,33H,11-12,14-17H2,1-3H3/t18-,26?/m0/s1. The van der Waals surface area contributed by atoms with Crippen molar-refractivity contribution in [2.45, 2.75) is 38.6 Å². The normalized spacial score (nSPS) is 21.8. The first kappa shape index (κ1) is 22.9. The third-order valence-corrected chi connectivity index (χ3v) is 6.75. The minimum atomic E-state index is -1.07. The molecular weight excluding hydrogens is 432 g/mol. The van der Waals surface area contributed by atoms with Crippen LogP contribution in [0, 0.1) is 0 Å². The first-order valence-electron chi connectivity index (χ1n) is 11.7. The second-order valence-electron chi connectivity index (χ2n) is 9.88. The van der Waals surface area contributed by atoms with Crippen LogP contribution in [0.4, 0.5) is 5.69 Å². The van der Waals surface area contributed by atoms with E-state index >= 15 is 0 Å². The maximum absolute atomic E-state index is 13.8. The van der Waals surface area contributed by atoms with Crippen molar-refractivity contribution in [3.8, 4) is 0 Å². The summed E-state index contributed by atoms with van der Waals surface area (Å²) < 4.78 is 2.00. The predicted octanol–water partition coefficient (Wildman–Crippen LogP) is 2.42. The molecular formula is C26H32N4O4. The molecule has 0 bridgehead atoms. The molecule has 1 amide bonds. The average molecular weight is 465 g/mol. The van der Waals surface area contributed by atoms with Gasteiger partial charge >= 0.3 is 0 Å². The highest BCUT2D eigenvalue weighted by Crippen LogP contribution is 2.35. The van der Waals surface area contributed by atoms with E-state index in [-0.39, 0.29) is 31.7 Å². The van der Waals surface area contributed by atoms with Crippen LogP contribution in [0.5, 0.6) is 0 Å². The van der Waals surface area contributed by atoms with Crippen LogP contribution >= 0.6 is 0 Å². The van der Waals surface area contributed by atoms with Crippen molar-refractivity contribution in [3.63, 3.8) is 0 Å². The molecule has 0 spiro atoms. The number of β-amino-alcohol motifs (C(OH)–C–C–N with tert-alkyl or cyclic N) is 1. The summed E-state index contributed by atoms with van der Waals surface area (Å²) in [5.41, 5.74) is 2.46. The molecule has 1 fully saturated rings. The Labute approximate surface area is 199 Å². The van der Waals surface area contributed by atoms with Crippen LogP contribution in [0.15, 0.2) is 48.7 Å². The Morgan fingerprint density at radius 3 is 2.71 bits per heavy atom. The number of aliphatic hydroxyl groups is 2. The molecule has 8 heteroatoms. The van der Waals surface area contributed by atoms with Gasteiger partial charge in [-0.15, -0.1) is 0 Å². The van der Waals surface area contributed by atoms with E-state index in [0.717, 1.165) is 27.6 Å². The fourth-order valence-corrected chi connectivity index (χ4v) is 4.98. The second-order valence-corrected chi connectivity index (χ2v) is 9.88. The van der Waals surface area contributed by atoms with E-state index in [1.807, 2.05) is 42.9 Å². The van der Waals surface area contributed by atoms with Crippen LogP contribution < -0.4 is 4.90 Å². The lowest BCUT2D eigenvalue weighted by Crippen LogP contribution is -2.46. The lowest BCUT2D eigenvalue weighted by atomic mass is 10.0.